The Balaban J connectivity index is 2.96. The van der Waals surface area contributed by atoms with Crippen molar-refractivity contribution in [1.29, 1.82) is 0 Å². The van der Waals surface area contributed by atoms with Crippen molar-refractivity contribution in [2.45, 2.75) is 19.8 Å². The van der Waals surface area contributed by atoms with Crippen LogP contribution in [0.1, 0.15) is 18.1 Å². The minimum atomic E-state index is 0.0690. The molecule has 1 nitrogen and oxygen atoms in total. The lowest BCUT2D eigenvalue weighted by Crippen LogP contribution is -2.06. The van der Waals surface area contributed by atoms with Gasteiger partial charge in [0.1, 0.15) is 0 Å². The van der Waals surface area contributed by atoms with E-state index >= 15 is 0 Å². The van der Waals surface area contributed by atoms with Crippen LogP contribution in [0.3, 0.4) is 0 Å². The van der Waals surface area contributed by atoms with Gasteiger partial charge in [-0.25, -0.2) is 0 Å². The Morgan fingerprint density at radius 1 is 1.50 bits per heavy atom. The average Bonchev–Trinajstić information content (AvgIpc) is 2.18. The second-order valence-electron chi connectivity index (χ2n) is 3.08. The standard InChI is InChI=1S/C11H12BrClO/c1-2-10-8(6-9(14)7-13)4-3-5-11(10)12/h3-5H,2,6-7H2,1H3. The number of hydrogen-bond acceptors (Lipinski definition) is 1. The third-order valence-corrected chi connectivity index (χ3v) is 3.15. The summed E-state index contributed by atoms with van der Waals surface area (Å²) in [5.74, 6) is 0.162. The number of rotatable bonds is 4. The van der Waals surface area contributed by atoms with Gasteiger partial charge in [0.05, 0.1) is 5.88 Å². The summed E-state index contributed by atoms with van der Waals surface area (Å²) in [6, 6.07) is 5.92. The van der Waals surface area contributed by atoms with Gasteiger partial charge in [0.15, 0.2) is 5.78 Å². The highest BCUT2D eigenvalue weighted by atomic mass is 79.9. The Morgan fingerprint density at radius 2 is 2.21 bits per heavy atom. The van der Waals surface area contributed by atoms with Gasteiger partial charge in [-0.3, -0.25) is 4.79 Å². The van der Waals surface area contributed by atoms with Gasteiger partial charge in [-0.2, -0.15) is 0 Å². The highest BCUT2D eigenvalue weighted by Crippen LogP contribution is 2.21. The van der Waals surface area contributed by atoms with Crippen molar-refractivity contribution in [3.8, 4) is 0 Å². The van der Waals surface area contributed by atoms with Crippen LogP contribution in [0.15, 0.2) is 22.7 Å². The SMILES string of the molecule is CCc1c(Br)cccc1CC(=O)CCl. The Morgan fingerprint density at radius 3 is 2.79 bits per heavy atom. The third kappa shape index (κ3) is 2.82. The van der Waals surface area contributed by atoms with Gasteiger partial charge in [-0.15, -0.1) is 11.6 Å². The van der Waals surface area contributed by atoms with Crippen molar-refractivity contribution in [2.24, 2.45) is 0 Å². The highest BCUT2D eigenvalue weighted by Gasteiger charge is 2.08. The number of carbonyl (C=O) groups excluding carboxylic acids is 1. The summed E-state index contributed by atoms with van der Waals surface area (Å²) in [4.78, 5) is 11.2. The van der Waals surface area contributed by atoms with Crippen molar-refractivity contribution in [3.05, 3.63) is 33.8 Å². The molecule has 0 bridgehead atoms. The summed E-state index contributed by atoms with van der Waals surface area (Å²) in [5.41, 5.74) is 2.28. The molecule has 1 rings (SSSR count). The lowest BCUT2D eigenvalue weighted by atomic mass is 10.0. The highest BCUT2D eigenvalue weighted by molar-refractivity contribution is 9.10. The van der Waals surface area contributed by atoms with E-state index in [-0.39, 0.29) is 11.7 Å². The minimum Gasteiger partial charge on any atom is -0.298 e. The first kappa shape index (κ1) is 11.7. The molecule has 0 aliphatic rings. The fraction of sp³-hybridized carbons (Fsp3) is 0.364. The first-order valence-corrected chi connectivity index (χ1v) is 5.85. The zero-order valence-corrected chi connectivity index (χ0v) is 10.4. The van der Waals surface area contributed by atoms with Gasteiger partial charge < -0.3 is 0 Å². The van der Waals surface area contributed by atoms with Crippen molar-refractivity contribution >= 4 is 33.3 Å². The van der Waals surface area contributed by atoms with Crippen molar-refractivity contribution in [1.82, 2.24) is 0 Å². The maximum Gasteiger partial charge on any atom is 0.151 e. The van der Waals surface area contributed by atoms with Crippen LogP contribution in [0.5, 0.6) is 0 Å². The number of benzene rings is 1. The largest absolute Gasteiger partial charge is 0.298 e. The third-order valence-electron chi connectivity index (χ3n) is 2.11. The monoisotopic (exact) mass is 274 g/mol. The Hall–Kier alpha value is -0.340. The molecule has 0 fully saturated rings. The maximum absolute atomic E-state index is 11.2. The molecule has 0 aliphatic carbocycles. The van der Waals surface area contributed by atoms with Gasteiger partial charge in [-0.1, -0.05) is 35.0 Å². The quantitative estimate of drug-likeness (QED) is 0.770. The van der Waals surface area contributed by atoms with Crippen molar-refractivity contribution in [2.75, 3.05) is 5.88 Å². The molecule has 0 atom stereocenters. The molecule has 0 saturated carbocycles. The van der Waals surface area contributed by atoms with E-state index in [4.69, 9.17) is 11.6 Å². The average molecular weight is 276 g/mol. The molecule has 76 valence electrons. The van der Waals surface area contributed by atoms with Crippen molar-refractivity contribution in [3.63, 3.8) is 0 Å². The molecule has 14 heavy (non-hydrogen) atoms. The number of alkyl halides is 1. The van der Waals surface area contributed by atoms with Gasteiger partial charge in [0, 0.05) is 10.9 Å². The Labute approximate surface area is 97.6 Å². The van der Waals surface area contributed by atoms with Crippen LogP contribution in [-0.2, 0) is 17.6 Å². The lowest BCUT2D eigenvalue weighted by molar-refractivity contribution is -0.116. The molecule has 1 aromatic rings. The zero-order chi connectivity index (χ0) is 10.6. The number of hydrogen-bond donors (Lipinski definition) is 0. The van der Waals surface area contributed by atoms with E-state index < -0.39 is 0 Å². The van der Waals surface area contributed by atoms with Crippen LogP contribution >= 0.6 is 27.5 Å². The fourth-order valence-corrected chi connectivity index (χ4v) is 2.21. The van der Waals surface area contributed by atoms with Crippen LogP contribution in [0, 0.1) is 0 Å². The van der Waals surface area contributed by atoms with Gasteiger partial charge in [0.25, 0.3) is 0 Å². The van der Waals surface area contributed by atoms with Crippen LogP contribution in [0.25, 0.3) is 0 Å². The number of Topliss-reactive ketones (excluding diaryl/α,β-unsaturated/α-hetero) is 1. The normalized spacial score (nSPS) is 10.2. The number of ketones is 1. The van der Waals surface area contributed by atoms with Gasteiger partial charge in [0.2, 0.25) is 0 Å². The Kier molecular flexibility index (Phi) is 4.63. The summed E-state index contributed by atoms with van der Waals surface area (Å²) in [7, 11) is 0. The molecule has 0 N–H and O–H groups in total. The summed E-state index contributed by atoms with van der Waals surface area (Å²) < 4.78 is 1.07. The molecule has 1 aromatic carbocycles. The smallest absolute Gasteiger partial charge is 0.151 e. The molecule has 0 heterocycles. The summed E-state index contributed by atoms with van der Waals surface area (Å²) >= 11 is 8.95. The van der Waals surface area contributed by atoms with Crippen LogP contribution in [-0.4, -0.2) is 11.7 Å². The second kappa shape index (κ2) is 5.52. The molecule has 0 aromatic heterocycles. The number of halogens is 2. The molecular weight excluding hydrogens is 263 g/mol. The summed E-state index contributed by atoms with van der Waals surface area (Å²) in [6.07, 6.45) is 1.36. The Bertz CT molecular complexity index is 336. The molecule has 0 amide bonds. The molecule has 0 aliphatic heterocycles. The van der Waals surface area contributed by atoms with Crippen LogP contribution in [0.4, 0.5) is 0 Å². The van der Waals surface area contributed by atoms with E-state index in [9.17, 15) is 4.79 Å². The first-order valence-electron chi connectivity index (χ1n) is 4.53. The lowest BCUT2D eigenvalue weighted by Gasteiger charge is -2.08. The van der Waals surface area contributed by atoms with E-state index in [1.165, 1.54) is 5.56 Å². The number of carbonyl (C=O) groups is 1. The van der Waals surface area contributed by atoms with Gasteiger partial charge >= 0.3 is 0 Å². The van der Waals surface area contributed by atoms with E-state index in [0.717, 1.165) is 16.5 Å². The zero-order valence-electron chi connectivity index (χ0n) is 8.02. The minimum absolute atomic E-state index is 0.0690. The molecule has 3 heteroatoms. The predicted molar refractivity (Wildman–Crippen MR) is 63.0 cm³/mol. The molecule has 0 saturated heterocycles. The molecular formula is C11H12BrClO. The second-order valence-corrected chi connectivity index (χ2v) is 4.20. The van der Waals surface area contributed by atoms with Crippen LogP contribution in [0.2, 0.25) is 0 Å². The molecule has 0 spiro atoms. The van der Waals surface area contributed by atoms with E-state index in [2.05, 4.69) is 22.9 Å². The van der Waals surface area contributed by atoms with E-state index in [1.807, 2.05) is 18.2 Å². The van der Waals surface area contributed by atoms with Crippen molar-refractivity contribution < 1.29 is 4.79 Å². The first-order chi connectivity index (χ1) is 6.69. The fourth-order valence-electron chi connectivity index (χ4n) is 1.42. The van der Waals surface area contributed by atoms with E-state index in [0.29, 0.717) is 6.42 Å². The van der Waals surface area contributed by atoms with Crippen LogP contribution < -0.4 is 0 Å². The summed E-state index contributed by atoms with van der Waals surface area (Å²) in [6.45, 7) is 2.08. The van der Waals surface area contributed by atoms with Gasteiger partial charge in [-0.05, 0) is 23.6 Å². The topological polar surface area (TPSA) is 17.1 Å². The molecule has 0 radical (unpaired) electrons. The predicted octanol–water partition coefficient (Wildman–Crippen LogP) is 3.36. The summed E-state index contributed by atoms with van der Waals surface area (Å²) in [5, 5.41) is 0. The van der Waals surface area contributed by atoms with E-state index in [1.54, 1.807) is 0 Å². The maximum atomic E-state index is 11.2. The molecule has 0 unspecified atom stereocenters.